The lowest BCUT2D eigenvalue weighted by molar-refractivity contribution is -0.136. The Morgan fingerprint density at radius 3 is 2.57 bits per heavy atom. The molecule has 0 aromatic carbocycles. The van der Waals surface area contributed by atoms with Crippen molar-refractivity contribution in [1.29, 1.82) is 0 Å². The molecule has 0 aliphatic heterocycles. The van der Waals surface area contributed by atoms with Crippen LogP contribution < -0.4 is 5.73 Å². The van der Waals surface area contributed by atoms with E-state index in [1.165, 1.54) is 10.9 Å². The van der Waals surface area contributed by atoms with E-state index in [-0.39, 0.29) is 23.8 Å². The quantitative estimate of drug-likeness (QED) is 0.862. The van der Waals surface area contributed by atoms with Crippen LogP contribution >= 0.6 is 11.6 Å². The standard InChI is InChI=1S/C7H9ClF3N3/c8-5-4-14(13-6(5)12)3-1-2-7(9,10)11/h4H,1-3H2,(H2,12,13). The molecule has 0 radical (unpaired) electrons. The molecule has 1 aromatic heterocycles. The Balaban J connectivity index is 2.39. The van der Waals surface area contributed by atoms with E-state index in [0.29, 0.717) is 0 Å². The highest BCUT2D eigenvalue weighted by atomic mass is 35.5. The first kappa shape index (κ1) is 11.2. The van der Waals surface area contributed by atoms with Gasteiger partial charge in [-0.15, -0.1) is 0 Å². The summed E-state index contributed by atoms with van der Waals surface area (Å²) in [4.78, 5) is 0. The van der Waals surface area contributed by atoms with Crippen molar-refractivity contribution in [3.63, 3.8) is 0 Å². The molecule has 0 saturated carbocycles. The van der Waals surface area contributed by atoms with Gasteiger partial charge in [0.2, 0.25) is 0 Å². The topological polar surface area (TPSA) is 43.8 Å². The second-order valence-corrected chi connectivity index (χ2v) is 3.25. The summed E-state index contributed by atoms with van der Waals surface area (Å²) >= 11 is 5.57. The zero-order valence-corrected chi connectivity index (χ0v) is 7.94. The monoisotopic (exact) mass is 227 g/mol. The number of nitrogens with two attached hydrogens (primary N) is 1. The molecular weight excluding hydrogens is 219 g/mol. The molecule has 0 atom stereocenters. The van der Waals surface area contributed by atoms with Gasteiger partial charge in [-0.25, -0.2) is 0 Å². The van der Waals surface area contributed by atoms with E-state index >= 15 is 0 Å². The summed E-state index contributed by atoms with van der Waals surface area (Å²) in [7, 11) is 0. The van der Waals surface area contributed by atoms with Gasteiger partial charge in [-0.05, 0) is 6.42 Å². The van der Waals surface area contributed by atoms with Crippen molar-refractivity contribution in [2.24, 2.45) is 0 Å². The predicted molar refractivity (Wildman–Crippen MR) is 46.9 cm³/mol. The third-order valence-electron chi connectivity index (χ3n) is 1.59. The van der Waals surface area contributed by atoms with Gasteiger partial charge in [0.05, 0.1) is 0 Å². The SMILES string of the molecule is Nc1nn(CCCC(F)(F)F)cc1Cl. The maximum atomic E-state index is 11.8. The lowest BCUT2D eigenvalue weighted by atomic mass is 10.3. The van der Waals surface area contributed by atoms with E-state index < -0.39 is 12.6 Å². The number of nitrogens with zero attached hydrogens (tertiary/aromatic N) is 2. The van der Waals surface area contributed by atoms with Gasteiger partial charge >= 0.3 is 6.18 Å². The average molecular weight is 228 g/mol. The summed E-state index contributed by atoms with van der Waals surface area (Å²) in [6.45, 7) is 0.163. The van der Waals surface area contributed by atoms with Gasteiger partial charge in [0.25, 0.3) is 0 Å². The van der Waals surface area contributed by atoms with Crippen LogP contribution in [0.1, 0.15) is 12.8 Å². The largest absolute Gasteiger partial charge is 0.389 e. The molecule has 0 spiro atoms. The second kappa shape index (κ2) is 4.08. The number of hydrogen-bond donors (Lipinski definition) is 1. The molecule has 0 amide bonds. The number of hydrogen-bond acceptors (Lipinski definition) is 2. The fourth-order valence-electron chi connectivity index (χ4n) is 0.968. The number of aryl methyl sites for hydroxylation is 1. The zero-order valence-electron chi connectivity index (χ0n) is 7.18. The smallest absolute Gasteiger partial charge is 0.381 e. The van der Waals surface area contributed by atoms with Crippen molar-refractivity contribution in [2.75, 3.05) is 5.73 Å². The molecule has 1 heterocycles. The summed E-state index contributed by atoms with van der Waals surface area (Å²) in [5.74, 6) is 0.138. The van der Waals surface area contributed by atoms with Crippen LogP contribution in [0.3, 0.4) is 0 Å². The number of aromatic nitrogens is 2. The molecule has 14 heavy (non-hydrogen) atoms. The highest BCUT2D eigenvalue weighted by Crippen LogP contribution is 2.22. The van der Waals surface area contributed by atoms with Gasteiger partial charge in [-0.2, -0.15) is 18.3 Å². The van der Waals surface area contributed by atoms with Crippen LogP contribution in [0.15, 0.2) is 6.20 Å². The van der Waals surface area contributed by atoms with Gasteiger partial charge in [0.15, 0.2) is 5.82 Å². The third-order valence-corrected chi connectivity index (χ3v) is 1.88. The average Bonchev–Trinajstić information content (AvgIpc) is 2.28. The lowest BCUT2D eigenvalue weighted by Crippen LogP contribution is -2.09. The summed E-state index contributed by atoms with van der Waals surface area (Å²) in [5.41, 5.74) is 5.31. The lowest BCUT2D eigenvalue weighted by Gasteiger charge is -2.05. The zero-order chi connectivity index (χ0) is 10.8. The van der Waals surface area contributed by atoms with E-state index in [0.717, 1.165) is 0 Å². The highest BCUT2D eigenvalue weighted by molar-refractivity contribution is 6.32. The van der Waals surface area contributed by atoms with Gasteiger partial charge < -0.3 is 5.73 Å². The molecule has 1 rings (SSSR count). The van der Waals surface area contributed by atoms with Crippen LogP contribution in [0.2, 0.25) is 5.02 Å². The van der Waals surface area contributed by atoms with Crippen molar-refractivity contribution in [2.45, 2.75) is 25.6 Å². The van der Waals surface area contributed by atoms with Crippen LogP contribution in [0.4, 0.5) is 19.0 Å². The molecule has 0 unspecified atom stereocenters. The molecule has 2 N–H and O–H groups in total. The van der Waals surface area contributed by atoms with Crippen LogP contribution in [-0.4, -0.2) is 16.0 Å². The van der Waals surface area contributed by atoms with E-state index in [1.807, 2.05) is 0 Å². The first-order chi connectivity index (χ1) is 6.38. The Morgan fingerprint density at radius 2 is 2.14 bits per heavy atom. The van der Waals surface area contributed by atoms with Crippen LogP contribution in [0.5, 0.6) is 0 Å². The molecular formula is C7H9ClF3N3. The van der Waals surface area contributed by atoms with Crippen molar-refractivity contribution in [3.05, 3.63) is 11.2 Å². The molecule has 3 nitrogen and oxygen atoms in total. The molecule has 80 valence electrons. The van der Waals surface area contributed by atoms with Gasteiger partial charge in [-0.1, -0.05) is 11.6 Å². The maximum Gasteiger partial charge on any atom is 0.389 e. The van der Waals surface area contributed by atoms with Gasteiger partial charge in [0, 0.05) is 19.2 Å². The number of rotatable bonds is 3. The predicted octanol–water partition coefficient (Wildman–Crippen LogP) is 2.46. The minimum Gasteiger partial charge on any atom is -0.381 e. The highest BCUT2D eigenvalue weighted by Gasteiger charge is 2.26. The Labute approximate surface area is 83.6 Å². The fraction of sp³-hybridized carbons (Fsp3) is 0.571. The summed E-state index contributed by atoms with van der Waals surface area (Å²) in [6.07, 6.45) is -3.57. The summed E-state index contributed by atoms with van der Waals surface area (Å²) < 4.78 is 36.6. The second-order valence-electron chi connectivity index (χ2n) is 2.84. The summed E-state index contributed by atoms with van der Waals surface area (Å²) in [5, 5.41) is 3.99. The number of halogens is 4. The Kier molecular flexibility index (Phi) is 3.25. The van der Waals surface area contributed by atoms with Crippen LogP contribution in [-0.2, 0) is 6.54 Å². The Morgan fingerprint density at radius 1 is 1.50 bits per heavy atom. The molecule has 1 aromatic rings. The molecule has 0 bridgehead atoms. The van der Waals surface area contributed by atoms with E-state index in [9.17, 15) is 13.2 Å². The Bertz CT molecular complexity index is 288. The van der Waals surface area contributed by atoms with Crippen LogP contribution in [0.25, 0.3) is 0 Å². The van der Waals surface area contributed by atoms with Crippen LogP contribution in [0, 0.1) is 0 Å². The maximum absolute atomic E-state index is 11.8. The van der Waals surface area contributed by atoms with Crippen molar-refractivity contribution in [3.8, 4) is 0 Å². The van der Waals surface area contributed by atoms with Crippen molar-refractivity contribution >= 4 is 17.4 Å². The normalized spacial score (nSPS) is 12.0. The van der Waals surface area contributed by atoms with Crippen molar-refractivity contribution < 1.29 is 13.2 Å². The minimum atomic E-state index is -4.12. The number of nitrogen functional groups attached to an aromatic ring is 1. The van der Waals surface area contributed by atoms with E-state index in [2.05, 4.69) is 5.10 Å². The molecule has 0 fully saturated rings. The van der Waals surface area contributed by atoms with Gasteiger partial charge in [-0.3, -0.25) is 4.68 Å². The van der Waals surface area contributed by atoms with E-state index in [1.54, 1.807) is 0 Å². The fourth-order valence-corrected chi connectivity index (χ4v) is 1.12. The first-order valence-electron chi connectivity index (χ1n) is 3.93. The minimum absolute atomic E-state index is 0.0268. The molecule has 0 aliphatic carbocycles. The van der Waals surface area contributed by atoms with Gasteiger partial charge in [0.1, 0.15) is 5.02 Å². The summed E-state index contributed by atoms with van der Waals surface area (Å²) in [6, 6.07) is 0. The molecule has 0 saturated heterocycles. The molecule has 7 heteroatoms. The third kappa shape index (κ3) is 3.45. The number of alkyl halides is 3. The first-order valence-corrected chi connectivity index (χ1v) is 4.31. The number of anilines is 1. The van der Waals surface area contributed by atoms with E-state index in [4.69, 9.17) is 17.3 Å². The molecule has 0 aliphatic rings. The van der Waals surface area contributed by atoms with Crippen molar-refractivity contribution in [1.82, 2.24) is 9.78 Å². The Hall–Kier alpha value is -0.910.